The molecule has 1 heterocycles. The molecule has 0 radical (unpaired) electrons. The summed E-state index contributed by atoms with van der Waals surface area (Å²) in [5.41, 5.74) is 0. The molecule has 11 heteroatoms. The third-order valence-electron chi connectivity index (χ3n) is 7.09. The molecular weight excluding hydrogens is 446 g/mol. The van der Waals surface area contributed by atoms with Gasteiger partial charge >= 0.3 is 23.9 Å². The molecule has 194 valence electrons. The van der Waals surface area contributed by atoms with E-state index in [-0.39, 0.29) is 43.9 Å². The summed E-state index contributed by atoms with van der Waals surface area (Å²) in [6.45, 7) is 3.75. The molecule has 4 N–H and O–H groups in total. The second kappa shape index (κ2) is 13.6. The lowest BCUT2D eigenvalue weighted by atomic mass is 9.84. The van der Waals surface area contributed by atoms with Crippen molar-refractivity contribution in [2.75, 3.05) is 52.4 Å². The van der Waals surface area contributed by atoms with Gasteiger partial charge in [0.2, 0.25) is 0 Å². The Labute approximate surface area is 200 Å². The molecule has 0 spiro atoms. The maximum absolute atomic E-state index is 11.7. The van der Waals surface area contributed by atoms with Crippen molar-refractivity contribution < 1.29 is 39.6 Å². The molecule has 0 aromatic rings. The third kappa shape index (κ3) is 10.4. The number of carbonyl (C=O) groups is 4. The van der Waals surface area contributed by atoms with Gasteiger partial charge in [-0.1, -0.05) is 6.92 Å². The van der Waals surface area contributed by atoms with Crippen LogP contribution in [0.4, 0.5) is 0 Å². The zero-order chi connectivity index (χ0) is 25.3. The molecule has 2 rings (SSSR count). The highest BCUT2D eigenvalue weighted by Gasteiger charge is 2.38. The predicted molar refractivity (Wildman–Crippen MR) is 123 cm³/mol. The van der Waals surface area contributed by atoms with Crippen LogP contribution in [0, 0.1) is 17.8 Å². The Balaban J connectivity index is 2.30. The van der Waals surface area contributed by atoms with Crippen LogP contribution in [0.25, 0.3) is 0 Å². The molecule has 2 fully saturated rings. The van der Waals surface area contributed by atoms with Gasteiger partial charge < -0.3 is 20.4 Å². The summed E-state index contributed by atoms with van der Waals surface area (Å²) in [6, 6.07) is -0.112. The molecule has 34 heavy (non-hydrogen) atoms. The van der Waals surface area contributed by atoms with Crippen LogP contribution in [-0.4, -0.2) is 117 Å². The first kappa shape index (κ1) is 28.0. The smallest absolute Gasteiger partial charge is 0.317 e. The lowest BCUT2D eigenvalue weighted by molar-refractivity contribution is -0.141. The van der Waals surface area contributed by atoms with Gasteiger partial charge in [0, 0.05) is 32.1 Å². The van der Waals surface area contributed by atoms with Gasteiger partial charge in [-0.2, -0.15) is 0 Å². The lowest BCUT2D eigenvalue weighted by Gasteiger charge is -2.36. The van der Waals surface area contributed by atoms with Gasteiger partial charge in [0.25, 0.3) is 0 Å². The van der Waals surface area contributed by atoms with E-state index in [4.69, 9.17) is 0 Å². The summed E-state index contributed by atoms with van der Waals surface area (Å²) < 4.78 is 0. The zero-order valence-electron chi connectivity index (χ0n) is 20.0. The number of hydrogen-bond acceptors (Lipinski definition) is 7. The monoisotopic (exact) mass is 485 g/mol. The van der Waals surface area contributed by atoms with Gasteiger partial charge in [-0.05, 0) is 62.9 Å². The van der Waals surface area contributed by atoms with E-state index in [2.05, 4.69) is 0 Å². The number of aliphatic carboxylic acids is 4. The van der Waals surface area contributed by atoms with Crippen molar-refractivity contribution >= 4 is 23.9 Å². The third-order valence-corrected chi connectivity index (χ3v) is 7.09. The Morgan fingerprint density at radius 2 is 1.29 bits per heavy atom. The Hall–Kier alpha value is -2.24. The van der Waals surface area contributed by atoms with E-state index in [0.29, 0.717) is 57.9 Å². The quantitative estimate of drug-likeness (QED) is 0.347. The SMILES string of the molecule is CC1CCN(CC(=O)O)CCN(CC(=O)O)CC(C2CC2)N(CC(=O)O)CCC1CCC(=O)O. The summed E-state index contributed by atoms with van der Waals surface area (Å²) in [7, 11) is 0. The number of carboxylic acids is 4. The van der Waals surface area contributed by atoms with Gasteiger partial charge in [0.15, 0.2) is 0 Å². The molecule has 1 aliphatic carbocycles. The van der Waals surface area contributed by atoms with Gasteiger partial charge in [-0.25, -0.2) is 0 Å². The zero-order valence-corrected chi connectivity index (χ0v) is 20.0. The van der Waals surface area contributed by atoms with Crippen molar-refractivity contribution in [1.29, 1.82) is 0 Å². The first-order valence-electron chi connectivity index (χ1n) is 12.1. The average molecular weight is 486 g/mol. The minimum Gasteiger partial charge on any atom is -0.481 e. The minimum atomic E-state index is -0.976. The molecule has 1 saturated carbocycles. The van der Waals surface area contributed by atoms with E-state index in [1.807, 2.05) is 11.8 Å². The van der Waals surface area contributed by atoms with Crippen molar-refractivity contribution in [2.45, 2.75) is 51.5 Å². The number of carboxylic acid groups (broad SMARTS) is 4. The molecule has 1 aliphatic heterocycles. The Morgan fingerprint density at radius 3 is 1.85 bits per heavy atom. The van der Waals surface area contributed by atoms with Crippen molar-refractivity contribution in [3.63, 3.8) is 0 Å². The van der Waals surface area contributed by atoms with Crippen LogP contribution in [0.5, 0.6) is 0 Å². The molecule has 1 saturated heterocycles. The fraction of sp³-hybridized carbons (Fsp3) is 0.826. The van der Waals surface area contributed by atoms with Crippen molar-refractivity contribution in [3.05, 3.63) is 0 Å². The molecular formula is C23H39N3O8. The van der Waals surface area contributed by atoms with Crippen molar-refractivity contribution in [2.24, 2.45) is 17.8 Å². The Kier molecular flexibility index (Phi) is 11.2. The highest BCUT2D eigenvalue weighted by atomic mass is 16.4. The molecule has 3 atom stereocenters. The maximum atomic E-state index is 11.7. The molecule has 0 amide bonds. The summed E-state index contributed by atoms with van der Waals surface area (Å²) in [5.74, 6) is -3.24. The highest BCUT2D eigenvalue weighted by Crippen LogP contribution is 2.36. The second-order valence-corrected chi connectivity index (χ2v) is 9.81. The van der Waals surface area contributed by atoms with E-state index in [9.17, 15) is 39.6 Å². The first-order chi connectivity index (χ1) is 16.0. The minimum absolute atomic E-state index is 0.0330. The normalized spacial score (nSPS) is 26.7. The molecule has 2 aliphatic rings. The lowest BCUT2D eigenvalue weighted by Crippen LogP contribution is -2.50. The molecule has 11 nitrogen and oxygen atoms in total. The van der Waals surface area contributed by atoms with Crippen LogP contribution in [0.1, 0.15) is 45.4 Å². The van der Waals surface area contributed by atoms with Crippen molar-refractivity contribution in [1.82, 2.24) is 14.7 Å². The van der Waals surface area contributed by atoms with Crippen LogP contribution in [0.3, 0.4) is 0 Å². The molecule has 3 unspecified atom stereocenters. The van der Waals surface area contributed by atoms with E-state index >= 15 is 0 Å². The maximum Gasteiger partial charge on any atom is 0.317 e. The summed E-state index contributed by atoms with van der Waals surface area (Å²) in [6.07, 6.45) is 3.77. The Morgan fingerprint density at radius 1 is 0.706 bits per heavy atom. The van der Waals surface area contributed by atoms with E-state index in [0.717, 1.165) is 12.8 Å². The molecule has 0 aromatic heterocycles. The summed E-state index contributed by atoms with van der Waals surface area (Å²) in [4.78, 5) is 51.3. The van der Waals surface area contributed by atoms with Crippen LogP contribution in [-0.2, 0) is 19.2 Å². The summed E-state index contributed by atoms with van der Waals surface area (Å²) in [5, 5.41) is 37.5. The topological polar surface area (TPSA) is 159 Å². The highest BCUT2D eigenvalue weighted by molar-refractivity contribution is 5.70. The first-order valence-corrected chi connectivity index (χ1v) is 12.1. The van der Waals surface area contributed by atoms with Gasteiger partial charge in [0.05, 0.1) is 19.6 Å². The van der Waals surface area contributed by atoms with E-state index < -0.39 is 23.9 Å². The van der Waals surface area contributed by atoms with Crippen LogP contribution in [0.2, 0.25) is 0 Å². The molecule has 0 aromatic carbocycles. The predicted octanol–water partition coefficient (Wildman–Crippen LogP) is 0.836. The standard InChI is InChI=1S/C23H39N3O8/c1-16-6-8-24(13-21(29)30)10-11-25(14-22(31)32)12-19(18-2-3-18)26(15-23(33)34)9-7-17(16)4-5-20(27)28/h16-19H,2-15H2,1H3,(H,27,28)(H,29,30)(H,31,32)(H,33,34). The van der Waals surface area contributed by atoms with Crippen LogP contribution < -0.4 is 0 Å². The van der Waals surface area contributed by atoms with E-state index in [1.165, 1.54) is 0 Å². The fourth-order valence-corrected chi connectivity index (χ4v) is 4.99. The molecule has 0 bridgehead atoms. The van der Waals surface area contributed by atoms with E-state index in [1.54, 1.807) is 9.80 Å². The number of rotatable bonds is 10. The summed E-state index contributed by atoms with van der Waals surface area (Å²) >= 11 is 0. The largest absolute Gasteiger partial charge is 0.481 e. The fourth-order valence-electron chi connectivity index (χ4n) is 4.99. The van der Waals surface area contributed by atoms with Crippen LogP contribution in [0.15, 0.2) is 0 Å². The average Bonchev–Trinajstić information content (AvgIpc) is 3.55. The van der Waals surface area contributed by atoms with Crippen molar-refractivity contribution in [3.8, 4) is 0 Å². The number of hydrogen-bond donors (Lipinski definition) is 4. The van der Waals surface area contributed by atoms with Gasteiger partial charge in [-0.15, -0.1) is 0 Å². The second-order valence-electron chi connectivity index (χ2n) is 9.81. The van der Waals surface area contributed by atoms with Gasteiger partial charge in [-0.3, -0.25) is 33.9 Å². The van der Waals surface area contributed by atoms with Gasteiger partial charge in [0.1, 0.15) is 0 Å². The Bertz CT molecular complexity index is 714. The number of nitrogens with zero attached hydrogens (tertiary/aromatic N) is 3. The van der Waals surface area contributed by atoms with Crippen LogP contribution >= 0.6 is 0 Å².